The molecule has 13 aromatic carbocycles. The van der Waals surface area contributed by atoms with Crippen molar-refractivity contribution in [2.24, 2.45) is 21.1 Å². The van der Waals surface area contributed by atoms with Gasteiger partial charge in [-0.05, 0) is 256 Å². The summed E-state index contributed by atoms with van der Waals surface area (Å²) in [7, 11) is 6.53. The maximum atomic E-state index is 5.81. The topological polar surface area (TPSA) is 27.9 Å². The van der Waals surface area contributed by atoms with Crippen molar-refractivity contribution in [2.45, 2.75) is 100 Å². The lowest BCUT2D eigenvalue weighted by molar-refractivity contribution is 0.525. The van der Waals surface area contributed by atoms with Crippen molar-refractivity contribution in [3.05, 3.63) is 537 Å². The molecule has 0 N–H and O–H groups in total. The number of hydrogen-bond donors (Lipinski definition) is 0. The first-order valence-electron chi connectivity index (χ1n) is 50.6. The monoisotopic (exact) mass is 1930 g/mol. The van der Waals surface area contributed by atoms with E-state index in [2.05, 4.69) is 514 Å². The Morgan fingerprint density at radius 2 is 0.455 bits per heavy atom. The first-order chi connectivity index (χ1) is 71.0. The molecule has 710 valence electrons. The highest BCUT2D eigenvalue weighted by Crippen LogP contribution is 2.53. The number of nitrogens with zero attached hydrogens (tertiary/aromatic N) is 3. The van der Waals surface area contributed by atoms with E-state index in [9.17, 15) is 0 Å². The molecule has 0 amide bonds. The van der Waals surface area contributed by atoms with Crippen molar-refractivity contribution in [3.8, 4) is 99.6 Å². The molecule has 0 saturated heterocycles. The van der Waals surface area contributed by atoms with Gasteiger partial charge in [-0.25, -0.2) is 0 Å². The van der Waals surface area contributed by atoms with E-state index in [0.29, 0.717) is 0 Å². The molecule has 7 heterocycles. The van der Waals surface area contributed by atoms with Crippen LogP contribution < -0.4 is 0 Å². The van der Waals surface area contributed by atoms with Gasteiger partial charge in [-0.2, -0.15) is 0 Å². The van der Waals surface area contributed by atoms with Crippen molar-refractivity contribution >= 4 is 98.8 Å². The van der Waals surface area contributed by atoms with Gasteiger partial charge in [0.05, 0.1) is 5.69 Å². The number of thiophene rings is 3. The number of aromatic nitrogens is 3. The second-order valence-corrected chi connectivity index (χ2v) is 42.4. The van der Waals surface area contributed by atoms with E-state index in [1.807, 2.05) is 47.0 Å². The summed E-state index contributed by atoms with van der Waals surface area (Å²) in [6, 6.07) is 139. The van der Waals surface area contributed by atoms with Gasteiger partial charge in [-0.3, -0.25) is 0 Å². The summed E-state index contributed by atoms with van der Waals surface area (Å²) in [5.41, 5.74) is 55.2. The zero-order chi connectivity index (χ0) is 99.1. The maximum Gasteiger partial charge on any atom is 0.131 e. The highest BCUT2D eigenvalue weighted by Gasteiger charge is 2.32. The van der Waals surface area contributed by atoms with Crippen LogP contribution in [0.1, 0.15) is 146 Å². The Bertz CT molecular complexity index is 8190. The number of aryl methyl sites for hydroxylation is 3. The third-order valence-corrected chi connectivity index (χ3v) is 32.6. The summed E-state index contributed by atoms with van der Waals surface area (Å²) in [6.45, 7) is 17.5. The Labute approximate surface area is 867 Å². The molecule has 0 spiro atoms. The lowest BCUT2D eigenvalue weighted by Gasteiger charge is -2.11. The van der Waals surface area contributed by atoms with E-state index < -0.39 is 0 Å². The third-order valence-electron chi connectivity index (χ3n) is 29.2. The first-order valence-corrected chi connectivity index (χ1v) is 53.1. The fourth-order valence-electron chi connectivity index (χ4n) is 22.2. The van der Waals surface area contributed by atoms with Crippen molar-refractivity contribution < 1.29 is 4.42 Å². The van der Waals surface area contributed by atoms with Gasteiger partial charge in [0.25, 0.3) is 0 Å². The lowest BCUT2D eigenvalue weighted by Crippen LogP contribution is -1.95. The number of fused-ring (bicyclic) bond motifs is 7. The minimum atomic E-state index is 0.976. The van der Waals surface area contributed by atoms with Crippen LogP contribution in [0.3, 0.4) is 0 Å². The molecular weight excluding hydrogens is 1810 g/mol. The predicted octanol–water partition coefficient (Wildman–Crippen LogP) is 37.4. The molecule has 27 rings (SSSR count). The lowest BCUT2D eigenvalue weighted by atomic mass is 9.94. The molecule has 7 aliphatic rings. The van der Waals surface area contributed by atoms with Crippen LogP contribution in [0.2, 0.25) is 0 Å². The van der Waals surface area contributed by atoms with Crippen LogP contribution in [-0.4, -0.2) is 13.7 Å². The van der Waals surface area contributed by atoms with Crippen molar-refractivity contribution in [1.82, 2.24) is 13.7 Å². The largest absolute Gasteiger partial charge is 0.461 e. The minimum Gasteiger partial charge on any atom is -0.461 e. The summed E-state index contributed by atoms with van der Waals surface area (Å²) >= 11 is 5.76. The number of allylic oxidation sites excluding steroid dienone is 7. The minimum absolute atomic E-state index is 0.976. The zero-order valence-electron chi connectivity index (χ0n) is 84.5. The Morgan fingerprint density at radius 1 is 0.200 bits per heavy atom. The molecule has 0 fully saturated rings. The van der Waals surface area contributed by atoms with Crippen molar-refractivity contribution in [3.63, 3.8) is 0 Å². The summed E-state index contributed by atoms with van der Waals surface area (Å²) in [5, 5.41) is 0. The van der Waals surface area contributed by atoms with Gasteiger partial charge >= 0.3 is 0 Å². The molecule has 0 bridgehead atoms. The molecule has 20 aromatic rings. The maximum absolute atomic E-state index is 5.81. The summed E-state index contributed by atoms with van der Waals surface area (Å²) < 4.78 is 12.8. The standard InChI is InChI=1S/C26H21N.C25H18S.C21H19N.C20H16S.C16H17N.C15H14O.C15H14S/c1-27-24-18-22(19-11-5-2-6-12-19)17-23(24)25(20-13-7-3-8-14-20)26(27)21-15-9-4-10-16-21;1-4-10-18(11-5-1)21-16-22-23(17-21)26-25(20-14-8-3-9-15-20)24(22)19-12-6-2-7-13-19;1-15-21(17-11-7-4-8-12-17)19-13-18(14-20(19)22(15)2)16-9-5-3-6-10-16;1-14-20(16-10-6-3-7-11-16)18-12-17(13-19(18)21-14)15-8-4-2-5-9-15;1-11-9-14-15(10-11)17(3)12(2)16(14)13-7-5-4-6-8-13;2*1-10-8-13-14(9-10)16-11(2)15(13)12-6-4-3-5-7-12/h2-16,18H,17H2,1H3;1-15,17H,16H2;3-12,14H,13H2,1-2H3;2-11,13H,12H2,1H3;4-8,10H,9H2,1-3H3;2*3-7,9H,8H2,1-2H3. The average molecular weight is 1930 g/mol. The van der Waals surface area contributed by atoms with Crippen molar-refractivity contribution in [1.29, 1.82) is 0 Å². The highest BCUT2D eigenvalue weighted by molar-refractivity contribution is 7.17. The van der Waals surface area contributed by atoms with Crippen LogP contribution in [0.25, 0.3) is 164 Å². The average Bonchev–Trinajstić information content (AvgIpc) is 1.56. The van der Waals surface area contributed by atoms with E-state index in [4.69, 9.17) is 4.42 Å². The van der Waals surface area contributed by atoms with E-state index >= 15 is 0 Å². The van der Waals surface area contributed by atoms with E-state index in [1.54, 1.807) is 0 Å². The van der Waals surface area contributed by atoms with Crippen LogP contribution in [0.5, 0.6) is 0 Å². The Balaban J connectivity index is 0.000000100. The van der Waals surface area contributed by atoms with E-state index in [-0.39, 0.29) is 0 Å². The van der Waals surface area contributed by atoms with Gasteiger partial charge in [0.1, 0.15) is 11.5 Å². The Morgan fingerprint density at radius 3 is 0.855 bits per heavy atom. The molecule has 145 heavy (non-hydrogen) atoms. The normalized spacial score (nSPS) is 13.2. The number of furan rings is 1. The molecule has 7 heteroatoms. The van der Waals surface area contributed by atoms with Crippen LogP contribution in [-0.2, 0) is 66.1 Å². The van der Waals surface area contributed by atoms with Gasteiger partial charge in [0.2, 0.25) is 0 Å². The summed E-state index contributed by atoms with van der Waals surface area (Å²) in [4.78, 5) is 8.56. The molecule has 0 saturated carbocycles. The van der Waals surface area contributed by atoms with Crippen LogP contribution >= 0.6 is 34.0 Å². The molecule has 4 nitrogen and oxygen atoms in total. The molecule has 0 unspecified atom stereocenters. The van der Waals surface area contributed by atoms with Gasteiger partial charge in [-0.1, -0.05) is 411 Å². The third kappa shape index (κ3) is 19.9. The summed E-state index contributed by atoms with van der Waals surface area (Å²) in [6.07, 6.45) is 23.6. The molecule has 7 aliphatic carbocycles. The van der Waals surface area contributed by atoms with E-state index in [0.717, 1.165) is 56.5 Å². The highest BCUT2D eigenvalue weighted by atomic mass is 32.1. The van der Waals surface area contributed by atoms with Gasteiger partial charge < -0.3 is 18.1 Å². The zero-order valence-corrected chi connectivity index (χ0v) is 86.9. The molecule has 0 radical (unpaired) electrons. The smallest absolute Gasteiger partial charge is 0.131 e. The van der Waals surface area contributed by atoms with E-state index in [1.165, 1.54) is 253 Å². The molecule has 7 aromatic heterocycles. The van der Waals surface area contributed by atoms with Crippen LogP contribution in [0.4, 0.5) is 0 Å². The fourth-order valence-corrected chi connectivity index (χ4v) is 26.0. The number of hydrogen-bond acceptors (Lipinski definition) is 4. The quantitative estimate of drug-likeness (QED) is 0.113. The Hall–Kier alpha value is -15.7. The SMILES string of the molecule is C1=C(c2ccccc2)Cc2c1sc(-c1ccccc1)c2-c1ccccc1.CC1=Cc2c(c(-c3ccccc3)c(C)n2C)C1.CC1=Cc2oc(C)c(-c3ccccc3)c2C1.CC1=Cc2sc(C)c(-c3ccccc3)c2C1.Cc1c(-c2ccccc2)c2c(n1C)C=C(c1ccccc1)C2.Cc1sc2c(c1-c1ccccc1)CC(c1ccccc1)=C2.Cn1c2c(c(-c3ccccc3)c1-c1ccccc1)CC(c1ccccc1)=C2. The number of benzene rings is 13. The Kier molecular flexibility index (Phi) is 28.2. The fraction of sp³-hybridized carbons (Fsp3) is 0.130. The molecule has 0 aliphatic heterocycles. The van der Waals surface area contributed by atoms with Crippen LogP contribution in [0, 0.1) is 34.6 Å². The van der Waals surface area contributed by atoms with Gasteiger partial charge in [0.15, 0.2) is 0 Å². The molecule has 0 atom stereocenters. The second kappa shape index (κ2) is 42.8. The molecular formula is C138H119N3OS3. The second-order valence-electron chi connectivity index (χ2n) is 38.8. The van der Waals surface area contributed by atoms with Gasteiger partial charge in [-0.15, -0.1) is 34.0 Å². The first kappa shape index (κ1) is 95.4. The summed E-state index contributed by atoms with van der Waals surface area (Å²) in [5.74, 6) is 2.08. The van der Waals surface area contributed by atoms with Gasteiger partial charge in [0, 0.05) is 138 Å². The number of rotatable bonds is 13. The predicted molar refractivity (Wildman–Crippen MR) is 625 cm³/mol. The van der Waals surface area contributed by atoms with Crippen LogP contribution in [0.15, 0.2) is 415 Å². The van der Waals surface area contributed by atoms with Crippen molar-refractivity contribution in [2.75, 3.05) is 0 Å².